The fourth-order valence-corrected chi connectivity index (χ4v) is 2.89. The molecule has 5 nitrogen and oxygen atoms in total. The molecule has 0 atom stereocenters. The summed E-state index contributed by atoms with van der Waals surface area (Å²) in [5.74, 6) is 0. The molecule has 10 heteroatoms. The van der Waals surface area contributed by atoms with Crippen LogP contribution in [-0.2, 0) is 16.4 Å². The molecule has 0 aromatic heterocycles. The van der Waals surface area contributed by atoms with Crippen LogP contribution >= 0.6 is 15.9 Å². The zero-order chi connectivity index (χ0) is 16.3. The number of anilines is 1. The second-order valence-corrected chi connectivity index (χ2v) is 6.90. The van der Waals surface area contributed by atoms with Crippen molar-refractivity contribution in [3.05, 3.63) is 28.2 Å². The van der Waals surface area contributed by atoms with Crippen LogP contribution in [0.3, 0.4) is 0 Å². The van der Waals surface area contributed by atoms with E-state index in [-0.39, 0.29) is 16.7 Å². The lowest BCUT2D eigenvalue weighted by molar-refractivity contribution is -0.138. The highest BCUT2D eigenvalue weighted by atomic mass is 79.9. The van der Waals surface area contributed by atoms with E-state index in [1.54, 1.807) is 0 Å². The Hall–Kier alpha value is -0.840. The first-order valence-electron chi connectivity index (χ1n) is 5.89. The third-order valence-corrected chi connectivity index (χ3v) is 4.79. The lowest BCUT2D eigenvalue weighted by Gasteiger charge is -2.19. The molecular weight excluding hydrogens is 375 g/mol. The molecular formula is C11H15BrF3N3O2S. The quantitative estimate of drug-likeness (QED) is 0.784. The molecule has 0 aliphatic rings. The van der Waals surface area contributed by atoms with Gasteiger partial charge in [0.2, 0.25) is 0 Å². The van der Waals surface area contributed by atoms with Crippen LogP contribution in [0.2, 0.25) is 0 Å². The second kappa shape index (κ2) is 6.95. The van der Waals surface area contributed by atoms with Crippen LogP contribution in [0.4, 0.5) is 18.9 Å². The number of alkyl halides is 3. The summed E-state index contributed by atoms with van der Waals surface area (Å²) in [6.07, 6.45) is -4.13. The van der Waals surface area contributed by atoms with Crippen LogP contribution in [0.25, 0.3) is 0 Å². The summed E-state index contributed by atoms with van der Waals surface area (Å²) in [4.78, 5) is 0. The van der Waals surface area contributed by atoms with E-state index < -0.39 is 21.9 Å². The van der Waals surface area contributed by atoms with Gasteiger partial charge in [-0.3, -0.25) is 4.72 Å². The van der Waals surface area contributed by atoms with Crippen LogP contribution in [0.1, 0.15) is 12.0 Å². The minimum atomic E-state index is -4.58. The Balaban J connectivity index is 2.98. The summed E-state index contributed by atoms with van der Waals surface area (Å²) < 4.78 is 65.1. The molecule has 0 heterocycles. The molecule has 0 saturated carbocycles. The van der Waals surface area contributed by atoms with Crippen LogP contribution < -0.4 is 10.5 Å². The van der Waals surface area contributed by atoms with Gasteiger partial charge < -0.3 is 5.73 Å². The topological polar surface area (TPSA) is 75.4 Å². The third-order valence-electron chi connectivity index (χ3n) is 2.61. The molecule has 0 unspecified atom stereocenters. The number of nitrogens with zero attached hydrogens (tertiary/aromatic N) is 1. The van der Waals surface area contributed by atoms with Crippen molar-refractivity contribution >= 4 is 31.8 Å². The molecule has 0 bridgehead atoms. The maximum Gasteiger partial charge on any atom is 0.417 e. The third kappa shape index (κ3) is 5.13. The van der Waals surface area contributed by atoms with E-state index in [1.165, 1.54) is 13.1 Å². The summed E-state index contributed by atoms with van der Waals surface area (Å²) in [6, 6.07) is 3.12. The zero-order valence-corrected chi connectivity index (χ0v) is 13.5. The van der Waals surface area contributed by atoms with E-state index in [4.69, 9.17) is 5.73 Å². The van der Waals surface area contributed by atoms with Crippen molar-refractivity contribution in [1.29, 1.82) is 0 Å². The van der Waals surface area contributed by atoms with Crippen molar-refractivity contribution < 1.29 is 21.6 Å². The van der Waals surface area contributed by atoms with Gasteiger partial charge in [0, 0.05) is 18.1 Å². The molecule has 3 N–H and O–H groups in total. The lowest BCUT2D eigenvalue weighted by Crippen LogP contribution is -2.34. The number of nitrogens with two attached hydrogens (primary N) is 1. The molecule has 120 valence electrons. The summed E-state index contributed by atoms with van der Waals surface area (Å²) in [5, 5.41) is 0. The number of hydrogen-bond acceptors (Lipinski definition) is 3. The van der Waals surface area contributed by atoms with E-state index in [2.05, 4.69) is 20.7 Å². The average Bonchev–Trinajstić information content (AvgIpc) is 2.36. The molecule has 1 aromatic rings. The number of benzene rings is 1. The maximum atomic E-state index is 12.8. The monoisotopic (exact) mass is 389 g/mol. The summed E-state index contributed by atoms with van der Waals surface area (Å²) in [6.45, 7) is 0.491. The Morgan fingerprint density at radius 1 is 1.38 bits per heavy atom. The average molecular weight is 390 g/mol. The van der Waals surface area contributed by atoms with E-state index in [0.717, 1.165) is 16.4 Å². The van der Waals surface area contributed by atoms with Crippen molar-refractivity contribution in [3.8, 4) is 0 Å². The Kier molecular flexibility index (Phi) is 6.02. The van der Waals surface area contributed by atoms with E-state index >= 15 is 0 Å². The number of nitrogens with one attached hydrogen (secondary N) is 1. The molecule has 0 aliphatic carbocycles. The van der Waals surface area contributed by atoms with E-state index in [0.29, 0.717) is 13.0 Å². The van der Waals surface area contributed by atoms with E-state index in [1.807, 2.05) is 0 Å². The van der Waals surface area contributed by atoms with Gasteiger partial charge in [-0.15, -0.1) is 0 Å². The van der Waals surface area contributed by atoms with Crippen molar-refractivity contribution in [2.75, 3.05) is 24.9 Å². The first-order chi connectivity index (χ1) is 9.58. The summed E-state index contributed by atoms with van der Waals surface area (Å²) in [5.41, 5.74) is 4.17. The molecule has 1 aromatic carbocycles. The summed E-state index contributed by atoms with van der Waals surface area (Å²) >= 11 is 2.79. The Morgan fingerprint density at radius 3 is 2.52 bits per heavy atom. The van der Waals surface area contributed by atoms with Crippen LogP contribution in [-0.4, -0.2) is 32.9 Å². The van der Waals surface area contributed by atoms with Gasteiger partial charge in [-0.25, -0.2) is 0 Å². The van der Waals surface area contributed by atoms with Gasteiger partial charge in [0.1, 0.15) is 0 Å². The Bertz CT molecular complexity index is 593. The second-order valence-electron chi connectivity index (χ2n) is 4.26. The lowest BCUT2D eigenvalue weighted by atomic mass is 10.2. The van der Waals surface area contributed by atoms with E-state index in [9.17, 15) is 21.6 Å². The fraction of sp³-hybridized carbons (Fsp3) is 0.455. The van der Waals surface area contributed by atoms with Crippen LogP contribution in [0.15, 0.2) is 22.7 Å². The molecule has 1 rings (SSSR count). The molecule has 0 radical (unpaired) electrons. The van der Waals surface area contributed by atoms with Crippen molar-refractivity contribution in [2.24, 2.45) is 5.73 Å². The standard InChI is InChI=1S/C11H15BrF3N3O2S/c1-18(6-2-5-16)21(19,20)17-8-3-4-10(12)9(7-8)11(13,14)15/h3-4,7,17H,2,5-6,16H2,1H3. The molecule has 21 heavy (non-hydrogen) atoms. The molecule has 0 aliphatic heterocycles. The SMILES string of the molecule is CN(CCCN)S(=O)(=O)Nc1ccc(Br)c(C(F)(F)F)c1. The minimum absolute atomic E-state index is 0.158. The largest absolute Gasteiger partial charge is 0.417 e. The highest BCUT2D eigenvalue weighted by molar-refractivity contribution is 9.10. The first-order valence-corrected chi connectivity index (χ1v) is 8.12. The van der Waals surface area contributed by atoms with Gasteiger partial charge in [-0.2, -0.15) is 25.9 Å². The first kappa shape index (κ1) is 18.2. The highest BCUT2D eigenvalue weighted by Crippen LogP contribution is 2.36. The zero-order valence-electron chi connectivity index (χ0n) is 11.1. The van der Waals surface area contributed by atoms with Gasteiger partial charge in [0.25, 0.3) is 0 Å². The number of rotatable bonds is 6. The van der Waals surface area contributed by atoms with Gasteiger partial charge in [0.05, 0.1) is 11.3 Å². The minimum Gasteiger partial charge on any atom is -0.330 e. The van der Waals surface area contributed by atoms with Crippen molar-refractivity contribution in [2.45, 2.75) is 12.6 Å². The smallest absolute Gasteiger partial charge is 0.330 e. The van der Waals surface area contributed by atoms with Gasteiger partial charge >= 0.3 is 16.4 Å². The normalized spacial score (nSPS) is 12.7. The van der Waals surface area contributed by atoms with Crippen molar-refractivity contribution in [3.63, 3.8) is 0 Å². The van der Waals surface area contributed by atoms with Crippen LogP contribution in [0.5, 0.6) is 0 Å². The highest BCUT2D eigenvalue weighted by Gasteiger charge is 2.33. The van der Waals surface area contributed by atoms with Gasteiger partial charge in [-0.1, -0.05) is 15.9 Å². The van der Waals surface area contributed by atoms with Crippen LogP contribution in [0, 0.1) is 0 Å². The molecule has 0 fully saturated rings. The maximum absolute atomic E-state index is 12.8. The predicted octanol–water partition coefficient (Wildman–Crippen LogP) is 2.41. The van der Waals surface area contributed by atoms with Crippen molar-refractivity contribution in [1.82, 2.24) is 4.31 Å². The Labute approximate surface area is 129 Å². The fourth-order valence-electron chi connectivity index (χ4n) is 1.47. The molecule has 0 amide bonds. The number of halogens is 4. The Morgan fingerprint density at radius 2 is 2.00 bits per heavy atom. The molecule has 0 saturated heterocycles. The number of hydrogen-bond donors (Lipinski definition) is 2. The van der Waals surface area contributed by atoms with Gasteiger partial charge in [-0.05, 0) is 31.2 Å². The molecule has 0 spiro atoms. The predicted molar refractivity (Wildman–Crippen MR) is 78.0 cm³/mol. The summed E-state index contributed by atoms with van der Waals surface area (Å²) in [7, 11) is -2.59. The van der Waals surface area contributed by atoms with Gasteiger partial charge in [0.15, 0.2) is 0 Å².